The monoisotopic (exact) mass is 499 g/mol. The van der Waals surface area contributed by atoms with Gasteiger partial charge in [-0.3, -0.25) is 9.79 Å². The Kier molecular flexibility index (Phi) is 9.01. The third-order valence-corrected chi connectivity index (χ3v) is 5.71. The van der Waals surface area contributed by atoms with Gasteiger partial charge in [0.1, 0.15) is 0 Å². The fourth-order valence-electron chi connectivity index (χ4n) is 3.93. The molecule has 0 saturated carbocycles. The molecule has 0 bridgehead atoms. The highest BCUT2D eigenvalue weighted by atomic mass is 127. The number of carbonyl (C=O) groups excluding carboxylic acids is 1. The number of likely N-dealkylation sites (tertiary alicyclic amines) is 1. The fourth-order valence-corrected chi connectivity index (χ4v) is 3.93. The minimum atomic E-state index is 0. The highest BCUT2D eigenvalue weighted by Crippen LogP contribution is 2.18. The molecule has 3 rings (SSSR count). The summed E-state index contributed by atoms with van der Waals surface area (Å²) >= 11 is 0. The van der Waals surface area contributed by atoms with Crippen LogP contribution in [0.5, 0.6) is 0 Å². The van der Waals surface area contributed by atoms with Crippen molar-refractivity contribution in [3.8, 4) is 0 Å². The van der Waals surface area contributed by atoms with Crippen molar-refractivity contribution in [1.82, 2.24) is 20.4 Å². The molecule has 0 aromatic heterocycles. The summed E-state index contributed by atoms with van der Waals surface area (Å²) in [7, 11) is 1.76. The first-order valence-corrected chi connectivity index (χ1v) is 10.1. The Morgan fingerprint density at radius 2 is 1.86 bits per heavy atom. The lowest BCUT2D eigenvalue weighted by molar-refractivity contribution is -0.130. The highest BCUT2D eigenvalue weighted by molar-refractivity contribution is 14.0. The first-order valence-electron chi connectivity index (χ1n) is 10.1. The van der Waals surface area contributed by atoms with Gasteiger partial charge >= 0.3 is 0 Å². The number of amides is 1. The van der Waals surface area contributed by atoms with Crippen molar-refractivity contribution in [1.29, 1.82) is 0 Å². The van der Waals surface area contributed by atoms with Crippen molar-refractivity contribution >= 4 is 35.8 Å². The molecule has 2 heterocycles. The van der Waals surface area contributed by atoms with Crippen LogP contribution < -0.4 is 10.6 Å². The molecule has 0 spiro atoms. The van der Waals surface area contributed by atoms with Gasteiger partial charge in [-0.2, -0.15) is 0 Å². The number of guanidine groups is 1. The Labute approximate surface area is 186 Å². The van der Waals surface area contributed by atoms with E-state index >= 15 is 0 Å². The molecule has 1 amide bonds. The number of benzene rings is 1. The largest absolute Gasteiger partial charge is 0.354 e. The maximum atomic E-state index is 12.6. The lowest BCUT2D eigenvalue weighted by Crippen LogP contribution is -2.51. The molecule has 2 aliphatic heterocycles. The van der Waals surface area contributed by atoms with E-state index in [-0.39, 0.29) is 36.4 Å². The van der Waals surface area contributed by atoms with Crippen molar-refractivity contribution in [2.45, 2.75) is 51.7 Å². The second-order valence-electron chi connectivity index (χ2n) is 7.81. The quantitative estimate of drug-likeness (QED) is 0.379. The molecule has 0 aliphatic carbocycles. The molecule has 1 fully saturated rings. The van der Waals surface area contributed by atoms with Crippen LogP contribution in [0.3, 0.4) is 0 Å². The molecular formula is C21H34IN5O. The number of fused-ring (bicyclic) bond motifs is 1. The molecule has 0 atom stereocenters. The fraction of sp³-hybridized carbons (Fsp3) is 0.619. The predicted molar refractivity (Wildman–Crippen MR) is 125 cm³/mol. The lowest BCUT2D eigenvalue weighted by atomic mass is 10.00. The Bertz CT molecular complexity index is 671. The number of hydrogen-bond acceptors (Lipinski definition) is 3. The Morgan fingerprint density at radius 3 is 2.50 bits per heavy atom. The molecule has 156 valence electrons. The van der Waals surface area contributed by atoms with Gasteiger partial charge in [0.2, 0.25) is 5.91 Å². The smallest absolute Gasteiger partial charge is 0.242 e. The second kappa shape index (κ2) is 11.0. The number of hydrogen-bond donors (Lipinski definition) is 2. The van der Waals surface area contributed by atoms with Gasteiger partial charge in [0, 0.05) is 45.3 Å². The maximum Gasteiger partial charge on any atom is 0.242 e. The molecular weight excluding hydrogens is 465 g/mol. The van der Waals surface area contributed by atoms with Crippen LogP contribution in [0, 0.1) is 0 Å². The molecule has 1 aromatic carbocycles. The zero-order valence-electron chi connectivity index (χ0n) is 17.3. The number of carbonyl (C=O) groups is 1. The van der Waals surface area contributed by atoms with E-state index in [2.05, 4.69) is 52.6 Å². The zero-order chi connectivity index (χ0) is 19.2. The number of aliphatic imine (C=N–C) groups is 1. The molecule has 0 unspecified atom stereocenters. The predicted octanol–water partition coefficient (Wildman–Crippen LogP) is 2.23. The van der Waals surface area contributed by atoms with Gasteiger partial charge in [0.25, 0.3) is 0 Å². The van der Waals surface area contributed by atoms with Crippen molar-refractivity contribution in [3.63, 3.8) is 0 Å². The van der Waals surface area contributed by atoms with Crippen LogP contribution in [-0.2, 0) is 17.8 Å². The Hall–Kier alpha value is -1.35. The third kappa shape index (κ3) is 6.07. The maximum absolute atomic E-state index is 12.6. The molecule has 2 aliphatic rings. The average Bonchev–Trinajstić information content (AvgIpc) is 2.70. The molecule has 0 radical (unpaired) electrons. The lowest BCUT2D eigenvalue weighted by Gasteiger charge is -2.35. The Balaban J connectivity index is 0.00000280. The summed E-state index contributed by atoms with van der Waals surface area (Å²) in [6.07, 6.45) is 3.15. The molecule has 7 heteroatoms. The topological polar surface area (TPSA) is 60.0 Å². The van der Waals surface area contributed by atoms with E-state index in [1.165, 1.54) is 11.1 Å². The van der Waals surface area contributed by atoms with E-state index in [0.717, 1.165) is 44.9 Å². The highest BCUT2D eigenvalue weighted by Gasteiger charge is 2.23. The van der Waals surface area contributed by atoms with E-state index in [1.54, 1.807) is 7.05 Å². The van der Waals surface area contributed by atoms with E-state index in [0.29, 0.717) is 18.6 Å². The van der Waals surface area contributed by atoms with Crippen LogP contribution in [0.25, 0.3) is 0 Å². The number of nitrogens with one attached hydrogen (secondary N) is 2. The number of halogens is 1. The van der Waals surface area contributed by atoms with Crippen LogP contribution in [-0.4, -0.2) is 67.0 Å². The summed E-state index contributed by atoms with van der Waals surface area (Å²) in [6, 6.07) is 9.41. The third-order valence-electron chi connectivity index (χ3n) is 5.71. The van der Waals surface area contributed by atoms with Gasteiger partial charge in [-0.1, -0.05) is 24.3 Å². The normalized spacial score (nSPS) is 18.4. The first kappa shape index (κ1) is 22.9. The van der Waals surface area contributed by atoms with Gasteiger partial charge in [0.05, 0.1) is 6.54 Å². The van der Waals surface area contributed by atoms with Crippen molar-refractivity contribution < 1.29 is 4.79 Å². The van der Waals surface area contributed by atoms with Crippen LogP contribution in [0.15, 0.2) is 29.3 Å². The SMILES string of the molecule is CN=C(NCC(=O)N1CCc2ccccc2C1)NC1CCN(C(C)C)CC1.I. The van der Waals surface area contributed by atoms with Gasteiger partial charge < -0.3 is 20.4 Å². The molecule has 2 N–H and O–H groups in total. The summed E-state index contributed by atoms with van der Waals surface area (Å²) in [5.74, 6) is 0.853. The number of rotatable bonds is 4. The number of piperidine rings is 1. The standard InChI is InChI=1S/C21H33N5O.HI/c1-16(2)25-12-9-19(10-13-25)24-21(22-3)23-14-20(27)26-11-8-17-6-4-5-7-18(17)15-26;/h4-7,16,19H,8-15H2,1-3H3,(H2,22,23,24);1H. The van der Waals surface area contributed by atoms with Gasteiger partial charge in [-0.25, -0.2) is 0 Å². The van der Waals surface area contributed by atoms with Crippen molar-refractivity contribution in [2.24, 2.45) is 4.99 Å². The summed E-state index contributed by atoms with van der Waals surface area (Å²) in [6.45, 7) is 8.49. The van der Waals surface area contributed by atoms with Crippen molar-refractivity contribution in [2.75, 3.05) is 33.2 Å². The summed E-state index contributed by atoms with van der Waals surface area (Å²) in [4.78, 5) is 21.4. The van der Waals surface area contributed by atoms with Crippen LogP contribution in [0.1, 0.15) is 37.8 Å². The number of nitrogens with zero attached hydrogens (tertiary/aromatic N) is 3. The minimum absolute atomic E-state index is 0. The average molecular weight is 499 g/mol. The van der Waals surface area contributed by atoms with Gasteiger partial charge in [0.15, 0.2) is 5.96 Å². The first-order chi connectivity index (χ1) is 13.1. The second-order valence-corrected chi connectivity index (χ2v) is 7.81. The zero-order valence-corrected chi connectivity index (χ0v) is 19.6. The van der Waals surface area contributed by atoms with E-state index < -0.39 is 0 Å². The van der Waals surface area contributed by atoms with Crippen LogP contribution in [0.2, 0.25) is 0 Å². The van der Waals surface area contributed by atoms with E-state index in [9.17, 15) is 4.79 Å². The molecule has 28 heavy (non-hydrogen) atoms. The van der Waals surface area contributed by atoms with Crippen LogP contribution in [0.4, 0.5) is 0 Å². The van der Waals surface area contributed by atoms with Gasteiger partial charge in [-0.05, 0) is 44.2 Å². The molecule has 1 aromatic rings. The summed E-state index contributed by atoms with van der Waals surface area (Å²) in [5, 5.41) is 6.69. The summed E-state index contributed by atoms with van der Waals surface area (Å²) in [5.41, 5.74) is 2.62. The molecule has 6 nitrogen and oxygen atoms in total. The van der Waals surface area contributed by atoms with E-state index in [4.69, 9.17) is 0 Å². The molecule has 1 saturated heterocycles. The van der Waals surface area contributed by atoms with Crippen molar-refractivity contribution in [3.05, 3.63) is 35.4 Å². The summed E-state index contributed by atoms with van der Waals surface area (Å²) < 4.78 is 0. The minimum Gasteiger partial charge on any atom is -0.354 e. The van der Waals surface area contributed by atoms with Crippen LogP contribution >= 0.6 is 24.0 Å². The van der Waals surface area contributed by atoms with Gasteiger partial charge in [-0.15, -0.1) is 24.0 Å². The Morgan fingerprint density at radius 1 is 1.18 bits per heavy atom. The van der Waals surface area contributed by atoms with E-state index in [1.807, 2.05) is 11.0 Å².